The van der Waals surface area contributed by atoms with Gasteiger partial charge in [0.25, 0.3) is 6.71 Å². The molecule has 0 bridgehead atoms. The van der Waals surface area contributed by atoms with Gasteiger partial charge < -0.3 is 9.80 Å². The van der Waals surface area contributed by atoms with Crippen LogP contribution in [0.3, 0.4) is 0 Å². The van der Waals surface area contributed by atoms with Gasteiger partial charge in [-0.2, -0.15) is 0 Å². The molecule has 2 nitrogen and oxygen atoms in total. The van der Waals surface area contributed by atoms with Gasteiger partial charge in [-0.15, -0.1) is 0 Å². The SMILES string of the molecule is CC.CC.CC.CC.CC.[3H]c1cc2c3c(c1)N(c1ccc(C)cc1)c1ccc(C)cc1B3c1cc(C)ccc1N2c1ccc(C)cc1. The highest BCUT2D eigenvalue weighted by molar-refractivity contribution is 7.00. The smallest absolute Gasteiger partial charge is 0.252 e. The summed E-state index contributed by atoms with van der Waals surface area (Å²) in [7, 11) is 0. The maximum Gasteiger partial charge on any atom is 0.252 e. The van der Waals surface area contributed by atoms with Crippen molar-refractivity contribution < 1.29 is 1.37 Å². The summed E-state index contributed by atoms with van der Waals surface area (Å²) >= 11 is 0. The molecule has 0 N–H and O–H groups in total. The van der Waals surface area contributed by atoms with Crippen molar-refractivity contribution in [3.8, 4) is 0 Å². The highest BCUT2D eigenvalue weighted by atomic mass is 15.2. The molecule has 5 aromatic carbocycles. The van der Waals surface area contributed by atoms with E-state index in [1.165, 1.54) is 50.0 Å². The molecule has 7 rings (SSSR count). The maximum atomic E-state index is 8.93. The van der Waals surface area contributed by atoms with Crippen molar-refractivity contribution in [2.45, 2.75) is 96.9 Å². The quantitative estimate of drug-likeness (QED) is 0.176. The number of fused-ring (bicyclic) bond motifs is 4. The molecule has 47 heavy (non-hydrogen) atoms. The van der Waals surface area contributed by atoms with Crippen LogP contribution in [-0.2, 0) is 0 Å². The highest BCUT2D eigenvalue weighted by Crippen LogP contribution is 2.43. The van der Waals surface area contributed by atoms with Gasteiger partial charge >= 0.3 is 0 Å². The summed E-state index contributed by atoms with van der Waals surface area (Å²) in [5, 5.41) is 0. The number of nitrogens with zero attached hydrogens (tertiary/aromatic N) is 2. The Morgan fingerprint density at radius 1 is 0.404 bits per heavy atom. The Kier molecular flexibility index (Phi) is 14.9. The number of hydrogen-bond acceptors (Lipinski definition) is 2. The van der Waals surface area contributed by atoms with Gasteiger partial charge in [0.2, 0.25) is 0 Å². The molecule has 2 aliphatic heterocycles. The van der Waals surface area contributed by atoms with Crippen LogP contribution in [0.5, 0.6) is 0 Å². The Balaban J connectivity index is 0.000000736. The van der Waals surface area contributed by atoms with E-state index in [-0.39, 0.29) is 6.71 Å². The van der Waals surface area contributed by atoms with Crippen LogP contribution >= 0.6 is 0 Å². The summed E-state index contributed by atoms with van der Waals surface area (Å²) in [6.45, 7) is 28.7. The fraction of sp³-hybridized carbons (Fsp3) is 0.318. The number of benzene rings is 5. The monoisotopic (exact) mass is 628 g/mol. The fourth-order valence-electron chi connectivity index (χ4n) is 6.05. The minimum absolute atomic E-state index is 0.0915. The van der Waals surface area contributed by atoms with Crippen LogP contribution in [0.2, 0.25) is 0 Å². The van der Waals surface area contributed by atoms with Crippen molar-refractivity contribution in [2.24, 2.45) is 0 Å². The molecule has 0 fully saturated rings. The zero-order valence-electron chi connectivity index (χ0n) is 32.7. The first kappa shape index (κ1) is 37.2. The number of rotatable bonds is 2. The van der Waals surface area contributed by atoms with E-state index < -0.39 is 0 Å². The first-order valence-electron chi connectivity index (χ1n) is 18.5. The molecular formula is C44H59BN2. The van der Waals surface area contributed by atoms with Crippen molar-refractivity contribution in [1.82, 2.24) is 0 Å². The zero-order chi connectivity index (χ0) is 36.1. The van der Waals surface area contributed by atoms with E-state index >= 15 is 0 Å². The Bertz CT molecular complexity index is 1600. The van der Waals surface area contributed by atoms with Crippen LogP contribution in [0.1, 0.15) is 92.9 Å². The van der Waals surface area contributed by atoms with Crippen LogP contribution in [-0.4, -0.2) is 6.71 Å². The molecule has 3 heteroatoms. The highest BCUT2D eigenvalue weighted by Gasteiger charge is 2.43. The van der Waals surface area contributed by atoms with Crippen molar-refractivity contribution in [1.29, 1.82) is 0 Å². The minimum atomic E-state index is 0.0915. The number of hydrogen-bond donors (Lipinski definition) is 0. The Hall–Kier alpha value is -4.24. The van der Waals surface area contributed by atoms with E-state index in [1.807, 2.05) is 81.4 Å². The molecule has 2 aliphatic rings. The molecule has 0 unspecified atom stereocenters. The summed E-state index contributed by atoms with van der Waals surface area (Å²) in [6, 6.07) is 35.7. The molecule has 0 aromatic heterocycles. The van der Waals surface area contributed by atoms with Crippen LogP contribution < -0.4 is 26.2 Å². The molecule has 0 radical (unpaired) electrons. The second-order valence-corrected chi connectivity index (χ2v) is 10.5. The van der Waals surface area contributed by atoms with Gasteiger partial charge in [-0.3, -0.25) is 0 Å². The van der Waals surface area contributed by atoms with E-state index in [2.05, 4.69) is 122 Å². The molecule has 0 spiro atoms. The average molecular weight is 629 g/mol. The predicted octanol–water partition coefficient (Wildman–Crippen LogP) is 12.1. The summed E-state index contributed by atoms with van der Waals surface area (Å²) in [6.07, 6.45) is 0. The Morgan fingerprint density at radius 3 is 1.06 bits per heavy atom. The molecule has 0 aliphatic carbocycles. The standard InChI is InChI=1S/C34H29BN2.5C2H6/c1-22-8-14-26(15-9-22)36-30-18-12-24(3)20-28(30)35-29-21-25(4)13-19-31(29)37(27-16-10-23(2)11-17-27)33-7-5-6-32(36)34(33)35;5*1-2/h5-21H,1-4H3;5*1-2H3/i5T;;;;;. The molecule has 0 saturated heterocycles. The van der Waals surface area contributed by atoms with E-state index in [0.29, 0.717) is 6.04 Å². The second-order valence-electron chi connectivity index (χ2n) is 10.5. The van der Waals surface area contributed by atoms with Crippen molar-refractivity contribution >= 4 is 57.2 Å². The molecule has 0 amide bonds. The van der Waals surface area contributed by atoms with Crippen LogP contribution in [0.15, 0.2) is 103 Å². The van der Waals surface area contributed by atoms with E-state index in [0.717, 1.165) is 22.7 Å². The first-order valence-corrected chi connectivity index (χ1v) is 18.0. The van der Waals surface area contributed by atoms with Crippen molar-refractivity contribution in [2.75, 3.05) is 9.80 Å². The average Bonchev–Trinajstić information content (AvgIpc) is 3.13. The zero-order valence-corrected chi connectivity index (χ0v) is 31.7. The third kappa shape index (κ3) is 7.84. The van der Waals surface area contributed by atoms with Gasteiger partial charge in [-0.05, 0) is 92.6 Å². The van der Waals surface area contributed by atoms with Gasteiger partial charge in [-0.1, -0.05) is 146 Å². The lowest BCUT2D eigenvalue weighted by Gasteiger charge is -2.44. The lowest BCUT2D eigenvalue weighted by Crippen LogP contribution is -2.61. The first-order chi connectivity index (χ1) is 23.4. The molecule has 5 aromatic rings. The van der Waals surface area contributed by atoms with Crippen molar-refractivity contribution in [3.63, 3.8) is 0 Å². The molecule has 0 atom stereocenters. The minimum Gasteiger partial charge on any atom is -0.311 e. The van der Waals surface area contributed by atoms with Crippen LogP contribution in [0.4, 0.5) is 34.1 Å². The molecule has 2 heterocycles. The van der Waals surface area contributed by atoms with Crippen LogP contribution in [0, 0.1) is 27.7 Å². The van der Waals surface area contributed by atoms with Gasteiger partial charge in [0.15, 0.2) is 0 Å². The second kappa shape index (κ2) is 18.8. The largest absolute Gasteiger partial charge is 0.311 e. The van der Waals surface area contributed by atoms with Crippen LogP contribution in [0.25, 0.3) is 0 Å². The lowest BCUT2D eigenvalue weighted by atomic mass is 9.33. The topological polar surface area (TPSA) is 6.48 Å². The van der Waals surface area contributed by atoms with E-state index in [9.17, 15) is 0 Å². The summed E-state index contributed by atoms with van der Waals surface area (Å²) in [4.78, 5) is 4.71. The normalized spacial score (nSPS) is 11.4. The lowest BCUT2D eigenvalue weighted by molar-refractivity contribution is 1.24. The van der Waals surface area contributed by atoms with Gasteiger partial charge in [0.1, 0.15) is 0 Å². The molecule has 0 saturated carbocycles. The summed E-state index contributed by atoms with van der Waals surface area (Å²) in [5.41, 5.74) is 15.6. The van der Waals surface area contributed by atoms with Gasteiger partial charge in [0, 0.05) is 34.1 Å². The van der Waals surface area contributed by atoms with Crippen molar-refractivity contribution in [3.05, 3.63) is 125 Å². The maximum absolute atomic E-state index is 8.93. The van der Waals surface area contributed by atoms with E-state index in [1.54, 1.807) is 0 Å². The number of aryl methyl sites for hydroxylation is 4. The van der Waals surface area contributed by atoms with E-state index in [4.69, 9.17) is 1.37 Å². The molecule has 248 valence electrons. The predicted molar refractivity (Wildman–Crippen MR) is 216 cm³/mol. The Morgan fingerprint density at radius 2 is 0.723 bits per heavy atom. The summed E-state index contributed by atoms with van der Waals surface area (Å²) in [5.74, 6) is 0. The fourth-order valence-corrected chi connectivity index (χ4v) is 6.05. The third-order valence-electron chi connectivity index (χ3n) is 7.82. The Labute approximate surface area is 290 Å². The summed E-state index contributed by atoms with van der Waals surface area (Å²) < 4.78 is 8.93. The third-order valence-corrected chi connectivity index (χ3v) is 7.82. The molecular weight excluding hydrogens is 567 g/mol. The van der Waals surface area contributed by atoms with Gasteiger partial charge in [-0.25, -0.2) is 0 Å². The number of anilines is 6. The van der Waals surface area contributed by atoms with Gasteiger partial charge in [0.05, 0.1) is 1.37 Å².